The smallest absolute Gasteiger partial charge is 0.275 e. The summed E-state index contributed by atoms with van der Waals surface area (Å²) in [6.07, 6.45) is 0. The molecule has 0 amide bonds. The summed E-state index contributed by atoms with van der Waals surface area (Å²) in [6, 6.07) is 11.0. The molecule has 0 spiro atoms. The van der Waals surface area contributed by atoms with E-state index in [2.05, 4.69) is 10.7 Å². The highest BCUT2D eigenvalue weighted by molar-refractivity contribution is 5.39. The molecule has 0 radical (unpaired) electrons. The van der Waals surface area contributed by atoms with Gasteiger partial charge in [0.05, 0.1) is 5.69 Å². The molecule has 0 atom stereocenters. The number of anilines is 1. The second-order valence-corrected chi connectivity index (χ2v) is 3.30. The van der Waals surface area contributed by atoms with E-state index < -0.39 is 0 Å². The number of nitrogens with one attached hydrogen (secondary N) is 2. The maximum Gasteiger partial charge on any atom is 0.275 e. The van der Waals surface area contributed by atoms with Crippen molar-refractivity contribution in [1.29, 1.82) is 0 Å². The zero-order valence-corrected chi connectivity index (χ0v) is 9.27. The zero-order valence-electron chi connectivity index (χ0n) is 9.27. The topological polar surface area (TPSA) is 51.0 Å². The third-order valence-corrected chi connectivity index (χ3v) is 2.37. The van der Waals surface area contributed by atoms with Gasteiger partial charge in [-0.3, -0.25) is 4.79 Å². The summed E-state index contributed by atoms with van der Waals surface area (Å²) in [6.45, 7) is 0. The number of hydrogen-bond donors (Lipinski definition) is 2. The lowest BCUT2D eigenvalue weighted by Crippen LogP contribution is -2.26. The Labute approximate surface area is 93.3 Å². The van der Waals surface area contributed by atoms with Crippen LogP contribution in [0.4, 0.5) is 5.82 Å². The maximum atomic E-state index is 11.8. The van der Waals surface area contributed by atoms with Crippen LogP contribution in [0.3, 0.4) is 0 Å². The van der Waals surface area contributed by atoms with E-state index in [1.165, 1.54) is 0 Å². The van der Waals surface area contributed by atoms with Crippen molar-refractivity contribution in [3.8, 4) is 5.69 Å². The van der Waals surface area contributed by atoms with Crippen molar-refractivity contribution in [3.05, 3.63) is 46.8 Å². The fourth-order valence-corrected chi connectivity index (χ4v) is 1.66. The Balaban J connectivity index is 2.65. The fourth-order valence-electron chi connectivity index (χ4n) is 1.66. The van der Waals surface area contributed by atoms with Crippen molar-refractivity contribution in [2.45, 2.75) is 0 Å². The molecular weight excluding hydrogens is 204 g/mol. The first-order valence-electron chi connectivity index (χ1n) is 5.04. The van der Waals surface area contributed by atoms with E-state index in [9.17, 15) is 4.79 Å². The Morgan fingerprint density at radius 3 is 2.38 bits per heavy atom. The van der Waals surface area contributed by atoms with Crippen LogP contribution in [0.25, 0.3) is 5.69 Å². The van der Waals surface area contributed by atoms with Gasteiger partial charge in [0, 0.05) is 20.2 Å². The largest absolute Gasteiger partial charge is 0.372 e. The van der Waals surface area contributed by atoms with Crippen molar-refractivity contribution >= 4 is 5.82 Å². The van der Waals surface area contributed by atoms with E-state index in [0.717, 1.165) is 11.5 Å². The Hall–Kier alpha value is -2.17. The molecule has 0 saturated heterocycles. The summed E-state index contributed by atoms with van der Waals surface area (Å²) >= 11 is 0. The van der Waals surface area contributed by atoms with E-state index in [-0.39, 0.29) is 5.56 Å². The van der Waals surface area contributed by atoms with Gasteiger partial charge in [-0.05, 0) is 12.1 Å². The van der Waals surface area contributed by atoms with Gasteiger partial charge in [-0.1, -0.05) is 18.2 Å². The lowest BCUT2D eigenvalue weighted by molar-refractivity contribution is 0.665. The molecule has 84 valence electrons. The molecule has 0 unspecified atom stereocenters. The van der Waals surface area contributed by atoms with E-state index in [4.69, 9.17) is 0 Å². The third kappa shape index (κ3) is 1.56. The Morgan fingerprint density at radius 2 is 1.81 bits per heavy atom. The van der Waals surface area contributed by atoms with Gasteiger partial charge in [-0.15, -0.1) is 0 Å². The Kier molecular flexibility index (Phi) is 2.68. The number of nitrogens with zero attached hydrogens (tertiary/aromatic N) is 2. The average Bonchev–Trinajstić information content (AvgIpc) is 2.66. The quantitative estimate of drug-likeness (QED) is 0.803. The number of benzene rings is 1. The maximum absolute atomic E-state index is 11.8. The molecule has 1 aromatic heterocycles. The van der Waals surface area contributed by atoms with Crippen LogP contribution in [0.5, 0.6) is 0 Å². The highest BCUT2D eigenvalue weighted by atomic mass is 16.1. The normalized spacial score (nSPS) is 10.1. The first-order chi connectivity index (χ1) is 7.77. The second-order valence-electron chi connectivity index (χ2n) is 3.30. The van der Waals surface area contributed by atoms with Crippen LogP contribution >= 0.6 is 0 Å². The van der Waals surface area contributed by atoms with Crippen LogP contribution in [-0.4, -0.2) is 23.6 Å². The molecule has 2 rings (SSSR count). The molecule has 0 fully saturated rings. The molecular formula is C11H14N4O. The summed E-state index contributed by atoms with van der Waals surface area (Å²) in [7, 11) is 3.54. The van der Waals surface area contributed by atoms with Gasteiger partial charge in [-0.2, -0.15) is 9.47 Å². The number of rotatable bonds is 3. The van der Waals surface area contributed by atoms with Crippen LogP contribution in [0.2, 0.25) is 0 Å². The van der Waals surface area contributed by atoms with Gasteiger partial charge in [-0.25, -0.2) is 0 Å². The highest BCUT2D eigenvalue weighted by Crippen LogP contribution is 2.08. The van der Waals surface area contributed by atoms with Crippen molar-refractivity contribution < 1.29 is 0 Å². The predicted octanol–water partition coefficient (Wildman–Crippen LogP) is 0.854. The average molecular weight is 218 g/mol. The molecule has 2 aromatic rings. The molecule has 16 heavy (non-hydrogen) atoms. The molecule has 0 aliphatic carbocycles. The highest BCUT2D eigenvalue weighted by Gasteiger charge is 2.09. The molecule has 1 aromatic carbocycles. The number of hydrogen-bond acceptors (Lipinski definition) is 3. The molecule has 0 aliphatic rings. The second kappa shape index (κ2) is 4.14. The minimum Gasteiger partial charge on any atom is -0.372 e. The van der Waals surface area contributed by atoms with Gasteiger partial charge < -0.3 is 10.7 Å². The Bertz CT molecular complexity index is 527. The standard InChI is InChI=1S/C11H14N4O/c1-12-10-8-11(16)14(15(10)13-2)9-6-4-3-5-7-9/h3-8,12-13H,1-2H3. The first-order valence-corrected chi connectivity index (χ1v) is 5.04. The first kappa shape index (κ1) is 10.4. The Morgan fingerprint density at radius 1 is 1.12 bits per heavy atom. The minimum atomic E-state index is -0.0788. The van der Waals surface area contributed by atoms with E-state index >= 15 is 0 Å². The zero-order chi connectivity index (χ0) is 11.5. The summed E-state index contributed by atoms with van der Waals surface area (Å²) in [5.74, 6) is 0.719. The molecule has 5 nitrogen and oxygen atoms in total. The summed E-state index contributed by atoms with van der Waals surface area (Å²) in [4.78, 5) is 13.5. The lowest BCUT2D eigenvalue weighted by Gasteiger charge is -2.13. The monoisotopic (exact) mass is 218 g/mol. The number of para-hydroxylation sites is 1. The fraction of sp³-hybridized carbons (Fsp3) is 0.182. The van der Waals surface area contributed by atoms with Crippen LogP contribution in [0, 0.1) is 0 Å². The van der Waals surface area contributed by atoms with Gasteiger partial charge in [0.15, 0.2) is 0 Å². The van der Waals surface area contributed by atoms with E-state index in [0.29, 0.717) is 0 Å². The number of aromatic nitrogens is 2. The molecule has 2 N–H and O–H groups in total. The van der Waals surface area contributed by atoms with Gasteiger partial charge in [0.25, 0.3) is 5.56 Å². The van der Waals surface area contributed by atoms with Crippen molar-refractivity contribution in [3.63, 3.8) is 0 Å². The van der Waals surface area contributed by atoms with E-state index in [1.54, 1.807) is 29.6 Å². The molecule has 5 heteroatoms. The van der Waals surface area contributed by atoms with E-state index in [1.807, 2.05) is 30.3 Å². The van der Waals surface area contributed by atoms with Crippen molar-refractivity contribution in [2.75, 3.05) is 24.8 Å². The molecule has 0 bridgehead atoms. The molecule has 0 aliphatic heterocycles. The molecule has 1 heterocycles. The summed E-state index contributed by atoms with van der Waals surface area (Å²) < 4.78 is 1.56. The van der Waals surface area contributed by atoms with Crippen LogP contribution in [0.15, 0.2) is 41.2 Å². The van der Waals surface area contributed by atoms with Crippen molar-refractivity contribution in [1.82, 2.24) is 9.47 Å². The van der Waals surface area contributed by atoms with Crippen LogP contribution in [-0.2, 0) is 0 Å². The van der Waals surface area contributed by atoms with Gasteiger partial charge >= 0.3 is 0 Å². The van der Waals surface area contributed by atoms with Gasteiger partial charge in [0.1, 0.15) is 5.82 Å². The SMILES string of the molecule is CNc1cc(=O)n(-c2ccccc2)n1NC. The van der Waals surface area contributed by atoms with Crippen LogP contribution < -0.4 is 16.3 Å². The minimum absolute atomic E-state index is 0.0788. The van der Waals surface area contributed by atoms with Crippen LogP contribution in [0.1, 0.15) is 0 Å². The molecule has 0 saturated carbocycles. The lowest BCUT2D eigenvalue weighted by atomic mass is 10.3. The van der Waals surface area contributed by atoms with Crippen molar-refractivity contribution in [2.24, 2.45) is 0 Å². The summed E-state index contributed by atoms with van der Waals surface area (Å²) in [5.41, 5.74) is 3.70. The third-order valence-electron chi connectivity index (χ3n) is 2.37. The van der Waals surface area contributed by atoms with Gasteiger partial charge in [0.2, 0.25) is 0 Å². The predicted molar refractivity (Wildman–Crippen MR) is 64.9 cm³/mol. The summed E-state index contributed by atoms with van der Waals surface area (Å²) in [5, 5.41) is 2.96.